The van der Waals surface area contributed by atoms with E-state index in [1.54, 1.807) is 20.5 Å². The second-order valence-electron chi connectivity index (χ2n) is 6.62. The van der Waals surface area contributed by atoms with Gasteiger partial charge in [-0.15, -0.1) is 0 Å². The number of rotatable bonds is 6. The number of ether oxygens (including phenoxy) is 2. The number of carbonyl (C=O) groups is 1. The van der Waals surface area contributed by atoms with Crippen molar-refractivity contribution >= 4 is 35.9 Å². The Bertz CT molecular complexity index is 1190. The number of aromatic nitrogens is 2. The van der Waals surface area contributed by atoms with Gasteiger partial charge in [-0.1, -0.05) is 18.2 Å². The molecule has 3 aromatic carbocycles. The van der Waals surface area contributed by atoms with Crippen molar-refractivity contribution in [3.8, 4) is 28.3 Å². The fourth-order valence-electron chi connectivity index (χ4n) is 3.37. The van der Waals surface area contributed by atoms with E-state index in [1.807, 2.05) is 65.2 Å². The van der Waals surface area contributed by atoms with E-state index in [2.05, 4.69) is 4.98 Å². The van der Waals surface area contributed by atoms with E-state index in [0.29, 0.717) is 0 Å². The SMILES string of the molecule is COc1ccc(-c2ccc3c(c2)ncn3-c2ccc(CC(=O)O)cc2)c(OC)c1.[LiH]. The van der Waals surface area contributed by atoms with Gasteiger partial charge in [0.1, 0.15) is 17.8 Å². The number of fused-ring (bicyclic) bond motifs is 1. The molecule has 1 heterocycles. The van der Waals surface area contributed by atoms with Crippen LogP contribution in [0.15, 0.2) is 67.0 Å². The van der Waals surface area contributed by atoms with Gasteiger partial charge in [0.25, 0.3) is 0 Å². The van der Waals surface area contributed by atoms with Crippen molar-refractivity contribution < 1.29 is 19.4 Å². The molecule has 1 N–H and O–H groups in total. The average Bonchev–Trinajstić information content (AvgIpc) is 3.16. The van der Waals surface area contributed by atoms with Crippen LogP contribution in [0, 0.1) is 0 Å². The molecule has 0 fully saturated rings. The number of benzene rings is 3. The first kappa shape index (κ1) is 21.5. The Labute approximate surface area is 186 Å². The summed E-state index contributed by atoms with van der Waals surface area (Å²) < 4.78 is 12.8. The van der Waals surface area contributed by atoms with E-state index in [4.69, 9.17) is 14.6 Å². The van der Waals surface area contributed by atoms with Gasteiger partial charge in [0.05, 0.1) is 31.7 Å². The van der Waals surface area contributed by atoms with E-state index in [0.717, 1.165) is 44.9 Å². The summed E-state index contributed by atoms with van der Waals surface area (Å²) in [5.41, 5.74) is 5.47. The maximum atomic E-state index is 10.9. The van der Waals surface area contributed by atoms with Gasteiger partial charge in [0, 0.05) is 17.3 Å². The van der Waals surface area contributed by atoms with E-state index >= 15 is 0 Å². The molecule has 0 saturated heterocycles. The van der Waals surface area contributed by atoms with Gasteiger partial charge in [-0.25, -0.2) is 4.98 Å². The predicted molar refractivity (Wildman–Crippen MR) is 118 cm³/mol. The summed E-state index contributed by atoms with van der Waals surface area (Å²) in [6, 6.07) is 19.3. The molecule has 7 heteroatoms. The Morgan fingerprint density at radius 1 is 1.00 bits per heavy atom. The molecule has 0 unspecified atom stereocenters. The molecular formula is C23H21LiN2O4. The molecule has 6 nitrogen and oxygen atoms in total. The summed E-state index contributed by atoms with van der Waals surface area (Å²) in [6.07, 6.45) is 1.78. The monoisotopic (exact) mass is 396 g/mol. The number of carboxylic acid groups (broad SMARTS) is 1. The molecule has 30 heavy (non-hydrogen) atoms. The van der Waals surface area contributed by atoms with Gasteiger partial charge in [-0.3, -0.25) is 9.36 Å². The predicted octanol–water partition coefficient (Wildman–Crippen LogP) is 3.69. The zero-order chi connectivity index (χ0) is 20.4. The van der Waals surface area contributed by atoms with Crippen LogP contribution >= 0.6 is 0 Å². The average molecular weight is 396 g/mol. The summed E-state index contributed by atoms with van der Waals surface area (Å²) in [6.45, 7) is 0. The molecule has 0 aliphatic carbocycles. The van der Waals surface area contributed by atoms with Crippen molar-refractivity contribution in [3.63, 3.8) is 0 Å². The third kappa shape index (κ3) is 4.20. The Morgan fingerprint density at radius 3 is 2.43 bits per heavy atom. The van der Waals surface area contributed by atoms with Crippen LogP contribution in [-0.2, 0) is 11.2 Å². The van der Waals surface area contributed by atoms with Crippen LogP contribution < -0.4 is 9.47 Å². The van der Waals surface area contributed by atoms with Crippen LogP contribution in [0.25, 0.3) is 27.8 Å². The van der Waals surface area contributed by atoms with Crippen LogP contribution in [0.1, 0.15) is 5.56 Å². The minimum atomic E-state index is -0.840. The van der Waals surface area contributed by atoms with Crippen LogP contribution in [-0.4, -0.2) is 53.7 Å². The molecule has 4 rings (SSSR count). The zero-order valence-corrected chi connectivity index (χ0v) is 16.1. The van der Waals surface area contributed by atoms with E-state index in [1.165, 1.54) is 0 Å². The number of imidazole rings is 1. The summed E-state index contributed by atoms with van der Waals surface area (Å²) in [5, 5.41) is 8.92. The molecule has 4 aromatic rings. The molecule has 0 aliphatic heterocycles. The maximum absolute atomic E-state index is 10.9. The minimum absolute atomic E-state index is 0. The van der Waals surface area contributed by atoms with Crippen molar-refractivity contribution in [2.24, 2.45) is 0 Å². The third-order valence-corrected chi connectivity index (χ3v) is 4.84. The van der Waals surface area contributed by atoms with Crippen molar-refractivity contribution in [1.82, 2.24) is 9.55 Å². The molecule has 148 valence electrons. The first-order valence-electron chi connectivity index (χ1n) is 9.09. The van der Waals surface area contributed by atoms with Gasteiger partial charge >= 0.3 is 24.8 Å². The molecular weight excluding hydrogens is 375 g/mol. The Morgan fingerprint density at radius 2 is 1.77 bits per heavy atom. The number of carboxylic acids is 1. The molecule has 1 aromatic heterocycles. The topological polar surface area (TPSA) is 73.6 Å². The van der Waals surface area contributed by atoms with E-state index in [-0.39, 0.29) is 25.3 Å². The summed E-state index contributed by atoms with van der Waals surface area (Å²) in [7, 11) is 3.26. The van der Waals surface area contributed by atoms with Crippen LogP contribution in [0.4, 0.5) is 0 Å². The first-order chi connectivity index (χ1) is 14.1. The van der Waals surface area contributed by atoms with Gasteiger partial charge in [-0.2, -0.15) is 0 Å². The van der Waals surface area contributed by atoms with E-state index < -0.39 is 5.97 Å². The summed E-state index contributed by atoms with van der Waals surface area (Å²) in [4.78, 5) is 15.4. The second kappa shape index (κ2) is 9.08. The van der Waals surface area contributed by atoms with Crippen LogP contribution in [0.3, 0.4) is 0 Å². The van der Waals surface area contributed by atoms with Crippen molar-refractivity contribution in [3.05, 3.63) is 72.6 Å². The number of aliphatic carboxylic acids is 1. The fourth-order valence-corrected chi connectivity index (χ4v) is 3.37. The molecule has 0 spiro atoms. The normalized spacial score (nSPS) is 10.5. The van der Waals surface area contributed by atoms with Gasteiger partial charge in [-0.05, 0) is 47.5 Å². The third-order valence-electron chi connectivity index (χ3n) is 4.84. The summed E-state index contributed by atoms with van der Waals surface area (Å²) in [5.74, 6) is 0.631. The molecule has 0 saturated carbocycles. The summed E-state index contributed by atoms with van der Waals surface area (Å²) >= 11 is 0. The Kier molecular flexibility index (Phi) is 6.51. The molecule has 0 aliphatic rings. The first-order valence-corrected chi connectivity index (χ1v) is 9.09. The quantitative estimate of drug-likeness (QED) is 0.503. The van der Waals surface area contributed by atoms with E-state index in [9.17, 15) is 4.79 Å². The second-order valence-corrected chi connectivity index (χ2v) is 6.62. The van der Waals surface area contributed by atoms with Gasteiger partial charge in [0.2, 0.25) is 0 Å². The zero-order valence-electron chi connectivity index (χ0n) is 16.1. The number of hydrogen-bond donors (Lipinski definition) is 1. The standard InChI is InChI=1S/C23H20N2O4.Li.H/c1-28-18-8-9-19(22(13-18)29-2)16-5-10-21-20(12-16)24-14-25(21)17-6-3-15(4-7-17)11-23(26)27;;/h3-10,12-14H,11H2,1-2H3,(H,26,27);;. The van der Waals surface area contributed by atoms with Crippen molar-refractivity contribution in [2.45, 2.75) is 6.42 Å². The number of methoxy groups -OCH3 is 2. The Hall–Kier alpha value is -3.20. The molecule has 0 atom stereocenters. The molecule has 0 bridgehead atoms. The number of nitrogens with zero attached hydrogens (tertiary/aromatic N) is 2. The molecule has 0 radical (unpaired) electrons. The van der Waals surface area contributed by atoms with Crippen molar-refractivity contribution in [2.75, 3.05) is 14.2 Å². The van der Waals surface area contributed by atoms with Crippen LogP contribution in [0.2, 0.25) is 0 Å². The number of hydrogen-bond acceptors (Lipinski definition) is 4. The Balaban J connectivity index is 0.00000256. The molecule has 0 amide bonds. The van der Waals surface area contributed by atoms with Gasteiger partial charge < -0.3 is 14.6 Å². The fraction of sp³-hybridized carbons (Fsp3) is 0.130. The van der Waals surface area contributed by atoms with Gasteiger partial charge in [0.15, 0.2) is 0 Å². The van der Waals surface area contributed by atoms with Crippen LogP contribution in [0.5, 0.6) is 11.5 Å². The van der Waals surface area contributed by atoms with Crippen molar-refractivity contribution in [1.29, 1.82) is 0 Å².